The van der Waals surface area contributed by atoms with Gasteiger partial charge in [0.2, 0.25) is 5.91 Å². The van der Waals surface area contributed by atoms with Gasteiger partial charge in [0, 0.05) is 37.4 Å². The van der Waals surface area contributed by atoms with Crippen molar-refractivity contribution in [3.63, 3.8) is 0 Å². The Labute approximate surface area is 197 Å². The van der Waals surface area contributed by atoms with E-state index in [1.165, 1.54) is 6.07 Å². The number of halogens is 3. The van der Waals surface area contributed by atoms with E-state index in [0.717, 1.165) is 12.1 Å². The molecule has 0 saturated carbocycles. The molecule has 1 N–H and O–H groups in total. The third-order valence-corrected chi connectivity index (χ3v) is 5.78. The highest BCUT2D eigenvalue weighted by molar-refractivity contribution is 5.97. The van der Waals surface area contributed by atoms with Crippen LogP contribution in [0.15, 0.2) is 48.5 Å². The van der Waals surface area contributed by atoms with Gasteiger partial charge < -0.3 is 19.9 Å². The number of nitrogens with zero attached hydrogens (tertiary/aromatic N) is 2. The standard InChI is InChI=1S/C25H30F3N3O3/c1-4-34-21-10-8-18(9-11-21)23(32)29-22(17(2)3)24(33)31-14-12-30(13-15-31)20-7-5-6-19(16-20)25(26,27)28/h5-11,16-17,22H,4,12-15H2,1-3H3,(H,29,32). The van der Waals surface area contributed by atoms with Gasteiger partial charge in [0.1, 0.15) is 11.8 Å². The molecule has 2 aromatic rings. The first-order chi connectivity index (χ1) is 16.1. The molecule has 1 aliphatic heterocycles. The van der Waals surface area contributed by atoms with Gasteiger partial charge in [-0.1, -0.05) is 19.9 Å². The van der Waals surface area contributed by atoms with Crippen molar-refractivity contribution in [3.8, 4) is 5.75 Å². The van der Waals surface area contributed by atoms with Crippen LogP contribution in [0, 0.1) is 5.92 Å². The number of ether oxygens (including phenoxy) is 1. The summed E-state index contributed by atoms with van der Waals surface area (Å²) in [6, 6.07) is 11.2. The summed E-state index contributed by atoms with van der Waals surface area (Å²) >= 11 is 0. The van der Waals surface area contributed by atoms with Gasteiger partial charge in [0.25, 0.3) is 5.91 Å². The third-order valence-electron chi connectivity index (χ3n) is 5.78. The highest BCUT2D eigenvalue weighted by Gasteiger charge is 2.33. The van der Waals surface area contributed by atoms with Crippen molar-refractivity contribution < 1.29 is 27.5 Å². The molecule has 1 fully saturated rings. The minimum absolute atomic E-state index is 0.138. The van der Waals surface area contributed by atoms with E-state index in [0.29, 0.717) is 49.8 Å². The summed E-state index contributed by atoms with van der Waals surface area (Å²) in [7, 11) is 0. The number of amides is 2. The molecule has 0 radical (unpaired) electrons. The number of anilines is 1. The second-order valence-electron chi connectivity index (χ2n) is 8.51. The summed E-state index contributed by atoms with van der Waals surface area (Å²) < 4.78 is 44.5. The quantitative estimate of drug-likeness (QED) is 0.649. The minimum Gasteiger partial charge on any atom is -0.494 e. The molecule has 2 aromatic carbocycles. The van der Waals surface area contributed by atoms with Gasteiger partial charge in [0.05, 0.1) is 12.2 Å². The summed E-state index contributed by atoms with van der Waals surface area (Å²) in [6.45, 7) is 7.65. The molecule has 0 spiro atoms. The van der Waals surface area contributed by atoms with Crippen molar-refractivity contribution in [1.82, 2.24) is 10.2 Å². The Morgan fingerprint density at radius 3 is 2.24 bits per heavy atom. The number of carbonyl (C=O) groups excluding carboxylic acids is 2. The van der Waals surface area contributed by atoms with E-state index < -0.39 is 17.8 Å². The van der Waals surface area contributed by atoms with Gasteiger partial charge in [-0.05, 0) is 55.3 Å². The third kappa shape index (κ3) is 6.21. The maximum atomic E-state index is 13.2. The van der Waals surface area contributed by atoms with Crippen LogP contribution in [-0.2, 0) is 11.0 Å². The molecule has 0 bridgehead atoms. The van der Waals surface area contributed by atoms with Gasteiger partial charge in [-0.25, -0.2) is 0 Å². The van der Waals surface area contributed by atoms with Crippen molar-refractivity contribution >= 4 is 17.5 Å². The zero-order valence-corrected chi connectivity index (χ0v) is 19.6. The number of carbonyl (C=O) groups is 2. The van der Waals surface area contributed by atoms with Crippen molar-refractivity contribution in [2.24, 2.45) is 5.92 Å². The number of hydrogen-bond acceptors (Lipinski definition) is 4. The van der Waals surface area contributed by atoms with Crippen LogP contribution in [0.5, 0.6) is 5.75 Å². The van der Waals surface area contributed by atoms with Crippen LogP contribution in [0.3, 0.4) is 0 Å². The van der Waals surface area contributed by atoms with E-state index in [1.54, 1.807) is 35.2 Å². The Morgan fingerprint density at radius 2 is 1.68 bits per heavy atom. The molecular formula is C25H30F3N3O3. The highest BCUT2D eigenvalue weighted by atomic mass is 19.4. The van der Waals surface area contributed by atoms with Gasteiger partial charge in [-0.3, -0.25) is 9.59 Å². The van der Waals surface area contributed by atoms with Crippen molar-refractivity contribution in [2.75, 3.05) is 37.7 Å². The second kappa shape index (κ2) is 10.8. The molecule has 34 heavy (non-hydrogen) atoms. The summed E-state index contributed by atoms with van der Waals surface area (Å²) in [5.74, 6) is -0.0227. The lowest BCUT2D eigenvalue weighted by atomic mass is 10.0. The van der Waals surface area contributed by atoms with Crippen LogP contribution in [0.1, 0.15) is 36.7 Å². The number of nitrogens with one attached hydrogen (secondary N) is 1. The highest BCUT2D eigenvalue weighted by Crippen LogP contribution is 2.32. The van der Waals surface area contributed by atoms with Crippen LogP contribution in [0.25, 0.3) is 0 Å². The fraction of sp³-hybridized carbons (Fsp3) is 0.440. The first kappa shape index (κ1) is 25.4. The maximum absolute atomic E-state index is 13.2. The molecule has 1 aliphatic rings. The fourth-order valence-electron chi connectivity index (χ4n) is 3.87. The molecule has 1 atom stereocenters. The Morgan fingerprint density at radius 1 is 1.03 bits per heavy atom. The SMILES string of the molecule is CCOc1ccc(C(=O)NC(C(=O)N2CCN(c3cccc(C(F)(F)F)c3)CC2)C(C)C)cc1. The zero-order chi connectivity index (χ0) is 24.9. The van der Waals surface area contributed by atoms with E-state index >= 15 is 0 Å². The molecule has 6 nitrogen and oxygen atoms in total. The van der Waals surface area contributed by atoms with Gasteiger partial charge in [-0.2, -0.15) is 13.2 Å². The molecule has 3 rings (SSSR count). The molecule has 9 heteroatoms. The lowest BCUT2D eigenvalue weighted by Crippen LogP contribution is -2.56. The molecule has 2 amide bonds. The topological polar surface area (TPSA) is 61.9 Å². The number of benzene rings is 2. The summed E-state index contributed by atoms with van der Waals surface area (Å²) in [5, 5.41) is 2.84. The Bertz CT molecular complexity index is 985. The van der Waals surface area contributed by atoms with Gasteiger partial charge in [-0.15, -0.1) is 0 Å². The van der Waals surface area contributed by atoms with Crippen LogP contribution in [0.2, 0.25) is 0 Å². The van der Waals surface area contributed by atoms with Crippen LogP contribution >= 0.6 is 0 Å². The largest absolute Gasteiger partial charge is 0.494 e. The summed E-state index contributed by atoms with van der Waals surface area (Å²) in [4.78, 5) is 29.4. The first-order valence-electron chi connectivity index (χ1n) is 11.3. The van der Waals surface area contributed by atoms with Crippen LogP contribution < -0.4 is 15.0 Å². The molecular weight excluding hydrogens is 447 g/mol. The summed E-state index contributed by atoms with van der Waals surface area (Å²) in [6.07, 6.45) is -4.40. The number of alkyl halides is 3. The average Bonchev–Trinajstić information content (AvgIpc) is 2.82. The van der Waals surface area contributed by atoms with Crippen molar-refractivity contribution in [3.05, 3.63) is 59.7 Å². The fourth-order valence-corrected chi connectivity index (χ4v) is 3.87. The predicted molar refractivity (Wildman–Crippen MR) is 124 cm³/mol. The molecule has 1 saturated heterocycles. The monoisotopic (exact) mass is 477 g/mol. The van der Waals surface area contributed by atoms with Crippen molar-refractivity contribution in [1.29, 1.82) is 0 Å². The van der Waals surface area contributed by atoms with Gasteiger partial charge in [0.15, 0.2) is 0 Å². The Balaban J connectivity index is 1.62. The number of rotatable bonds is 7. The van der Waals surface area contributed by atoms with Crippen LogP contribution in [0.4, 0.5) is 18.9 Å². The summed E-state index contributed by atoms with van der Waals surface area (Å²) in [5.41, 5.74) is 0.211. The Kier molecular flexibility index (Phi) is 8.06. The predicted octanol–water partition coefficient (Wildman–Crippen LogP) is 4.21. The zero-order valence-electron chi connectivity index (χ0n) is 19.6. The smallest absolute Gasteiger partial charge is 0.416 e. The first-order valence-corrected chi connectivity index (χ1v) is 11.3. The van der Waals surface area contributed by atoms with Crippen molar-refractivity contribution in [2.45, 2.75) is 33.0 Å². The lowest BCUT2D eigenvalue weighted by molar-refractivity contribution is -0.137. The molecule has 184 valence electrons. The van der Waals surface area contributed by atoms with Crippen LogP contribution in [-0.4, -0.2) is 55.5 Å². The van der Waals surface area contributed by atoms with E-state index in [1.807, 2.05) is 25.7 Å². The maximum Gasteiger partial charge on any atom is 0.416 e. The van der Waals surface area contributed by atoms with Gasteiger partial charge >= 0.3 is 6.18 Å². The van der Waals surface area contributed by atoms with E-state index in [9.17, 15) is 22.8 Å². The second-order valence-corrected chi connectivity index (χ2v) is 8.51. The Hall–Kier alpha value is -3.23. The molecule has 1 heterocycles. The molecule has 0 aromatic heterocycles. The van der Waals surface area contributed by atoms with E-state index in [2.05, 4.69) is 5.32 Å². The molecule has 0 aliphatic carbocycles. The lowest BCUT2D eigenvalue weighted by Gasteiger charge is -2.38. The number of piperazine rings is 1. The normalized spacial score (nSPS) is 15.3. The minimum atomic E-state index is -4.40. The van der Waals surface area contributed by atoms with E-state index in [-0.39, 0.29) is 17.7 Å². The number of hydrogen-bond donors (Lipinski definition) is 1. The molecule has 1 unspecified atom stereocenters. The van der Waals surface area contributed by atoms with E-state index in [4.69, 9.17) is 4.74 Å². The average molecular weight is 478 g/mol.